The van der Waals surface area contributed by atoms with Gasteiger partial charge < -0.3 is 9.68 Å². The number of hydrogen-bond donors (Lipinski definition) is 1. The van der Waals surface area contributed by atoms with Crippen molar-refractivity contribution in [1.82, 2.24) is 0 Å². The molecule has 0 spiro atoms. The molecule has 0 fully saturated rings. The largest absolute Gasteiger partial charge is 0.491 e. The van der Waals surface area contributed by atoms with Crippen LogP contribution in [0.4, 0.5) is 0 Å². The van der Waals surface area contributed by atoms with Crippen LogP contribution in [0.2, 0.25) is 0 Å². The molecule has 0 aromatic heterocycles. The maximum Gasteiger partial charge on any atom is 0.491 e. The van der Waals surface area contributed by atoms with E-state index in [-0.39, 0.29) is 12.6 Å². The number of benzene rings is 1. The Morgan fingerprint density at radius 3 is 3.14 bits per heavy atom. The fourth-order valence-corrected chi connectivity index (χ4v) is 1.58. The number of rotatable bonds is 2. The molecule has 0 saturated heterocycles. The van der Waals surface area contributed by atoms with Gasteiger partial charge in [0.25, 0.3) is 0 Å². The smallest absolute Gasteiger partial charge is 0.423 e. The van der Waals surface area contributed by atoms with Crippen molar-refractivity contribution >= 4 is 12.6 Å². The topological polar surface area (TPSA) is 78.2 Å². The van der Waals surface area contributed by atoms with E-state index in [2.05, 4.69) is 10.0 Å². The van der Waals surface area contributed by atoms with E-state index in [0.29, 0.717) is 0 Å². The molecular weight excluding hydrogens is 181 g/mol. The van der Waals surface area contributed by atoms with E-state index in [4.69, 9.17) is 10.2 Å². The molecule has 2 rings (SSSR count). The number of azide groups is 1. The van der Waals surface area contributed by atoms with Crippen molar-refractivity contribution in [3.8, 4) is 0 Å². The van der Waals surface area contributed by atoms with Crippen molar-refractivity contribution in [1.29, 1.82) is 0 Å². The molecule has 0 amide bonds. The van der Waals surface area contributed by atoms with Gasteiger partial charge in [0.1, 0.15) is 0 Å². The van der Waals surface area contributed by atoms with Crippen molar-refractivity contribution in [2.24, 2.45) is 5.11 Å². The zero-order valence-corrected chi connectivity index (χ0v) is 7.37. The third-order valence-electron chi connectivity index (χ3n) is 2.21. The number of fused-ring (bicyclic) bond motifs is 1. The lowest BCUT2D eigenvalue weighted by molar-refractivity contribution is 0.198. The first kappa shape index (κ1) is 9.08. The Kier molecular flexibility index (Phi) is 2.41. The van der Waals surface area contributed by atoms with Crippen molar-refractivity contribution in [3.63, 3.8) is 0 Å². The second-order valence-corrected chi connectivity index (χ2v) is 3.02. The van der Waals surface area contributed by atoms with Crippen molar-refractivity contribution < 1.29 is 9.68 Å². The molecule has 70 valence electrons. The van der Waals surface area contributed by atoms with Gasteiger partial charge in [-0.15, -0.1) is 0 Å². The molecule has 5 nitrogen and oxygen atoms in total. The van der Waals surface area contributed by atoms with Gasteiger partial charge in [-0.05, 0) is 16.6 Å². The summed E-state index contributed by atoms with van der Waals surface area (Å²) < 4.78 is 5.22. The van der Waals surface area contributed by atoms with Crippen LogP contribution >= 0.6 is 0 Å². The summed E-state index contributed by atoms with van der Waals surface area (Å²) >= 11 is 0. The predicted octanol–water partition coefficient (Wildman–Crippen LogP) is 0.756. The summed E-state index contributed by atoms with van der Waals surface area (Å²) in [6.45, 7) is 0.213. The molecule has 1 aromatic carbocycles. The predicted molar refractivity (Wildman–Crippen MR) is 51.9 cm³/mol. The summed E-state index contributed by atoms with van der Waals surface area (Å²) in [6, 6.07) is 7.36. The van der Waals surface area contributed by atoms with Gasteiger partial charge in [-0.2, -0.15) is 0 Å². The highest BCUT2D eigenvalue weighted by Crippen LogP contribution is 2.23. The molecule has 14 heavy (non-hydrogen) atoms. The summed E-state index contributed by atoms with van der Waals surface area (Å²) in [6.07, 6.45) is -0.322. The van der Waals surface area contributed by atoms with Crippen LogP contribution in [-0.4, -0.2) is 18.7 Å². The standard InChI is InChI=1S/C8H8BN3O2/c10-12-11-5-8-6-3-1-2-4-7(6)9(13)14-8/h1-4,8,13H,5H2/t8-/m0/s1. The van der Waals surface area contributed by atoms with Gasteiger partial charge in [0.15, 0.2) is 0 Å². The van der Waals surface area contributed by atoms with E-state index in [1.165, 1.54) is 0 Å². The lowest BCUT2D eigenvalue weighted by Gasteiger charge is -2.07. The lowest BCUT2D eigenvalue weighted by atomic mass is 9.79. The third-order valence-corrected chi connectivity index (χ3v) is 2.21. The number of hydrogen-bond acceptors (Lipinski definition) is 3. The zero-order valence-electron chi connectivity index (χ0n) is 7.37. The fraction of sp³-hybridized carbons (Fsp3) is 0.250. The molecule has 1 N–H and O–H groups in total. The maximum absolute atomic E-state index is 9.49. The van der Waals surface area contributed by atoms with Crippen LogP contribution < -0.4 is 5.46 Å². The molecular formula is C8H8BN3O2. The van der Waals surface area contributed by atoms with E-state index in [0.717, 1.165) is 11.0 Å². The Balaban J connectivity index is 2.29. The Bertz CT molecular complexity index is 392. The molecule has 1 atom stereocenters. The highest BCUT2D eigenvalue weighted by atomic mass is 16.5. The van der Waals surface area contributed by atoms with Crippen LogP contribution in [0, 0.1) is 0 Å². The number of nitrogens with zero attached hydrogens (tertiary/aromatic N) is 3. The second-order valence-electron chi connectivity index (χ2n) is 3.02. The lowest BCUT2D eigenvalue weighted by Crippen LogP contribution is -2.27. The van der Waals surface area contributed by atoms with Crippen LogP contribution in [0.1, 0.15) is 11.7 Å². The first-order valence-electron chi connectivity index (χ1n) is 4.26. The molecule has 1 aliphatic rings. The molecule has 0 radical (unpaired) electrons. The monoisotopic (exact) mass is 189 g/mol. The molecule has 6 heteroatoms. The van der Waals surface area contributed by atoms with Gasteiger partial charge >= 0.3 is 7.12 Å². The molecule has 0 bridgehead atoms. The molecule has 0 saturated carbocycles. The average molecular weight is 189 g/mol. The highest BCUT2D eigenvalue weighted by molar-refractivity contribution is 6.61. The van der Waals surface area contributed by atoms with Gasteiger partial charge in [0.05, 0.1) is 12.6 Å². The molecule has 1 aliphatic heterocycles. The van der Waals surface area contributed by atoms with Crippen molar-refractivity contribution in [2.75, 3.05) is 6.54 Å². The normalized spacial score (nSPS) is 18.9. The van der Waals surface area contributed by atoms with Crippen LogP contribution in [0.15, 0.2) is 29.4 Å². The third kappa shape index (κ3) is 1.46. The Morgan fingerprint density at radius 1 is 1.57 bits per heavy atom. The SMILES string of the molecule is [N-]=[N+]=NC[C@@H]1OB(O)c2ccccc21. The quantitative estimate of drug-likeness (QED) is 0.322. The van der Waals surface area contributed by atoms with Crippen molar-refractivity contribution in [3.05, 3.63) is 40.3 Å². The van der Waals surface area contributed by atoms with Crippen molar-refractivity contribution in [2.45, 2.75) is 6.10 Å². The molecule has 1 aromatic rings. The molecule has 0 unspecified atom stereocenters. The fourth-order valence-electron chi connectivity index (χ4n) is 1.58. The first-order valence-corrected chi connectivity index (χ1v) is 4.26. The minimum atomic E-state index is -0.898. The van der Waals surface area contributed by atoms with Crippen LogP contribution in [0.5, 0.6) is 0 Å². The van der Waals surface area contributed by atoms with Gasteiger partial charge in [-0.25, -0.2) is 0 Å². The van der Waals surface area contributed by atoms with E-state index >= 15 is 0 Å². The Hall–Kier alpha value is -1.49. The maximum atomic E-state index is 9.49. The van der Waals surface area contributed by atoms with Gasteiger partial charge in [-0.1, -0.05) is 29.4 Å². The summed E-state index contributed by atoms with van der Waals surface area (Å²) in [5.41, 5.74) is 9.83. The molecule has 1 heterocycles. The van der Waals surface area contributed by atoms with E-state index < -0.39 is 7.12 Å². The van der Waals surface area contributed by atoms with E-state index in [9.17, 15) is 5.02 Å². The van der Waals surface area contributed by atoms with E-state index in [1.807, 2.05) is 18.2 Å². The second kappa shape index (κ2) is 3.71. The summed E-state index contributed by atoms with van der Waals surface area (Å²) in [7, 11) is -0.898. The molecule has 0 aliphatic carbocycles. The van der Waals surface area contributed by atoms with Crippen LogP contribution in [0.3, 0.4) is 0 Å². The zero-order chi connectivity index (χ0) is 9.97. The minimum absolute atomic E-state index is 0.213. The Morgan fingerprint density at radius 2 is 2.36 bits per heavy atom. The minimum Gasteiger partial charge on any atom is -0.423 e. The van der Waals surface area contributed by atoms with Gasteiger partial charge in [0.2, 0.25) is 0 Å². The summed E-state index contributed by atoms with van der Waals surface area (Å²) in [5.74, 6) is 0. The Labute approximate surface area is 81.1 Å². The van der Waals surface area contributed by atoms with Gasteiger partial charge in [0, 0.05) is 4.91 Å². The average Bonchev–Trinajstić information content (AvgIpc) is 2.54. The first-order chi connectivity index (χ1) is 6.83. The highest BCUT2D eigenvalue weighted by Gasteiger charge is 2.33. The van der Waals surface area contributed by atoms with Gasteiger partial charge in [-0.3, -0.25) is 0 Å². The van der Waals surface area contributed by atoms with E-state index in [1.54, 1.807) is 6.07 Å². The summed E-state index contributed by atoms with van der Waals surface area (Å²) in [4.78, 5) is 2.66. The van der Waals surface area contributed by atoms with Crippen LogP contribution in [0.25, 0.3) is 10.4 Å². The van der Waals surface area contributed by atoms with Crippen LogP contribution in [-0.2, 0) is 4.65 Å². The summed E-state index contributed by atoms with van der Waals surface area (Å²) in [5, 5.41) is 12.9.